The average Bonchev–Trinajstić information content (AvgIpc) is 3.04. The number of hydrogen-bond acceptors (Lipinski definition) is 4. The molecule has 1 unspecified atom stereocenters. The topological polar surface area (TPSA) is 55.9 Å². The van der Waals surface area contributed by atoms with Crippen molar-refractivity contribution in [3.05, 3.63) is 36.3 Å². The molecule has 19 heavy (non-hydrogen) atoms. The predicted molar refractivity (Wildman–Crippen MR) is 73.7 cm³/mol. The molecular formula is C14H22N4O. The monoisotopic (exact) mass is 262 g/mol. The van der Waals surface area contributed by atoms with Crippen LogP contribution in [0.25, 0.3) is 0 Å². The fraction of sp³-hybridized carbons (Fsp3) is 0.571. The van der Waals surface area contributed by atoms with Crippen molar-refractivity contribution < 1.29 is 4.42 Å². The summed E-state index contributed by atoms with van der Waals surface area (Å²) in [5.41, 5.74) is 0. The Balaban J connectivity index is 1.76. The van der Waals surface area contributed by atoms with Crippen molar-refractivity contribution in [2.24, 2.45) is 0 Å². The highest BCUT2D eigenvalue weighted by Crippen LogP contribution is 2.08. The quantitative estimate of drug-likeness (QED) is 0.833. The van der Waals surface area contributed by atoms with Crippen LogP contribution in [0.1, 0.15) is 44.8 Å². The molecule has 0 spiro atoms. The number of aromatic nitrogens is 3. The van der Waals surface area contributed by atoms with E-state index in [0.29, 0.717) is 12.1 Å². The molecule has 0 radical (unpaired) electrons. The van der Waals surface area contributed by atoms with Crippen LogP contribution in [-0.2, 0) is 13.0 Å². The van der Waals surface area contributed by atoms with E-state index in [0.717, 1.165) is 31.0 Å². The van der Waals surface area contributed by atoms with E-state index in [1.54, 1.807) is 12.6 Å². The first kappa shape index (κ1) is 13.8. The lowest BCUT2D eigenvalue weighted by Crippen LogP contribution is -2.28. The summed E-state index contributed by atoms with van der Waals surface area (Å²) in [6.45, 7) is 7.15. The van der Waals surface area contributed by atoms with Gasteiger partial charge >= 0.3 is 0 Å². The van der Waals surface area contributed by atoms with Crippen LogP contribution in [0.4, 0.5) is 0 Å². The largest absolute Gasteiger partial charge is 0.469 e. The van der Waals surface area contributed by atoms with Gasteiger partial charge in [0.15, 0.2) is 0 Å². The molecule has 0 saturated heterocycles. The molecule has 2 heterocycles. The lowest BCUT2D eigenvalue weighted by atomic mass is 10.1. The van der Waals surface area contributed by atoms with E-state index in [1.165, 1.54) is 0 Å². The van der Waals surface area contributed by atoms with E-state index in [2.05, 4.69) is 36.2 Å². The third kappa shape index (κ3) is 3.92. The highest BCUT2D eigenvalue weighted by atomic mass is 16.3. The van der Waals surface area contributed by atoms with Gasteiger partial charge < -0.3 is 9.73 Å². The first-order valence-electron chi connectivity index (χ1n) is 6.81. The average molecular weight is 262 g/mol. The molecular weight excluding hydrogens is 240 g/mol. The highest BCUT2D eigenvalue weighted by Gasteiger charge is 2.09. The van der Waals surface area contributed by atoms with Crippen LogP contribution in [0.15, 0.2) is 29.1 Å². The Morgan fingerprint density at radius 2 is 2.21 bits per heavy atom. The van der Waals surface area contributed by atoms with Crippen molar-refractivity contribution in [1.82, 2.24) is 20.1 Å². The smallest absolute Gasteiger partial charge is 0.141 e. The van der Waals surface area contributed by atoms with Gasteiger partial charge in [0.05, 0.1) is 12.8 Å². The SMILES string of the molecule is CC(CCc1ccco1)NCc1ncnn1C(C)C. The van der Waals surface area contributed by atoms with E-state index in [9.17, 15) is 0 Å². The Bertz CT molecular complexity index is 475. The van der Waals surface area contributed by atoms with Crippen molar-refractivity contribution in [3.63, 3.8) is 0 Å². The van der Waals surface area contributed by atoms with E-state index in [4.69, 9.17) is 4.42 Å². The third-order valence-corrected chi connectivity index (χ3v) is 3.15. The number of furan rings is 1. The van der Waals surface area contributed by atoms with Crippen molar-refractivity contribution in [2.75, 3.05) is 0 Å². The Hall–Kier alpha value is -1.62. The van der Waals surface area contributed by atoms with Gasteiger partial charge in [-0.2, -0.15) is 5.10 Å². The maximum Gasteiger partial charge on any atom is 0.141 e. The number of nitrogens with one attached hydrogen (secondary N) is 1. The highest BCUT2D eigenvalue weighted by molar-refractivity contribution is 4.98. The van der Waals surface area contributed by atoms with Gasteiger partial charge in [-0.3, -0.25) is 0 Å². The molecule has 0 aliphatic rings. The van der Waals surface area contributed by atoms with E-state index >= 15 is 0 Å². The van der Waals surface area contributed by atoms with Gasteiger partial charge in [-0.05, 0) is 39.3 Å². The van der Waals surface area contributed by atoms with Crippen LogP contribution >= 0.6 is 0 Å². The summed E-state index contributed by atoms with van der Waals surface area (Å²) in [6, 6.07) is 4.71. The molecule has 2 aromatic heterocycles. The van der Waals surface area contributed by atoms with E-state index < -0.39 is 0 Å². The zero-order valence-electron chi connectivity index (χ0n) is 11.8. The van der Waals surface area contributed by atoms with Gasteiger partial charge in [0.2, 0.25) is 0 Å². The van der Waals surface area contributed by atoms with Gasteiger partial charge in [-0.25, -0.2) is 9.67 Å². The summed E-state index contributed by atoms with van der Waals surface area (Å²) >= 11 is 0. The molecule has 0 fully saturated rings. The number of nitrogens with zero attached hydrogens (tertiary/aromatic N) is 3. The van der Waals surface area contributed by atoms with Crippen molar-refractivity contribution in [3.8, 4) is 0 Å². The standard InChI is InChI=1S/C14H22N4O/c1-11(2)18-14(16-10-17-18)9-15-12(3)6-7-13-5-4-8-19-13/h4-5,8,10-12,15H,6-7,9H2,1-3H3. The molecule has 0 aliphatic heterocycles. The molecule has 1 atom stereocenters. The Kier molecular flexibility index (Phi) is 4.74. The molecule has 0 aromatic carbocycles. The second-order valence-electron chi connectivity index (χ2n) is 5.11. The fourth-order valence-corrected chi connectivity index (χ4v) is 2.01. The maximum absolute atomic E-state index is 5.33. The Labute approximate surface area is 114 Å². The van der Waals surface area contributed by atoms with Crippen molar-refractivity contribution in [1.29, 1.82) is 0 Å². The van der Waals surface area contributed by atoms with Gasteiger partial charge in [0.1, 0.15) is 17.9 Å². The van der Waals surface area contributed by atoms with E-state index in [-0.39, 0.29) is 0 Å². The van der Waals surface area contributed by atoms with Gasteiger partial charge in [0, 0.05) is 18.5 Å². The molecule has 0 bridgehead atoms. The minimum Gasteiger partial charge on any atom is -0.469 e. The normalized spacial score (nSPS) is 13.1. The second-order valence-corrected chi connectivity index (χ2v) is 5.11. The maximum atomic E-state index is 5.33. The molecule has 5 nitrogen and oxygen atoms in total. The summed E-state index contributed by atoms with van der Waals surface area (Å²) in [7, 11) is 0. The summed E-state index contributed by atoms with van der Waals surface area (Å²) in [4.78, 5) is 4.29. The third-order valence-electron chi connectivity index (χ3n) is 3.15. The van der Waals surface area contributed by atoms with Crippen molar-refractivity contribution in [2.45, 2.75) is 52.2 Å². The number of hydrogen-bond donors (Lipinski definition) is 1. The van der Waals surface area contributed by atoms with Gasteiger partial charge in [-0.15, -0.1) is 0 Å². The summed E-state index contributed by atoms with van der Waals surface area (Å²) in [6.07, 6.45) is 5.34. The first-order valence-corrected chi connectivity index (χ1v) is 6.81. The zero-order chi connectivity index (χ0) is 13.7. The first-order chi connectivity index (χ1) is 9.16. The molecule has 104 valence electrons. The number of aryl methyl sites for hydroxylation is 1. The molecule has 5 heteroatoms. The lowest BCUT2D eigenvalue weighted by molar-refractivity contribution is 0.439. The zero-order valence-corrected chi connectivity index (χ0v) is 11.8. The van der Waals surface area contributed by atoms with Crippen LogP contribution in [0, 0.1) is 0 Å². The van der Waals surface area contributed by atoms with Crippen LogP contribution < -0.4 is 5.32 Å². The van der Waals surface area contributed by atoms with Crippen LogP contribution in [0.2, 0.25) is 0 Å². The molecule has 2 aromatic rings. The van der Waals surface area contributed by atoms with Gasteiger partial charge in [0.25, 0.3) is 0 Å². The summed E-state index contributed by atoms with van der Waals surface area (Å²) in [5.74, 6) is 2.03. The minimum atomic E-state index is 0.345. The van der Waals surface area contributed by atoms with Crippen LogP contribution in [0.3, 0.4) is 0 Å². The second kappa shape index (κ2) is 6.52. The molecule has 1 N–H and O–H groups in total. The summed E-state index contributed by atoms with van der Waals surface area (Å²) < 4.78 is 7.28. The van der Waals surface area contributed by atoms with Crippen LogP contribution in [-0.4, -0.2) is 20.8 Å². The fourth-order valence-electron chi connectivity index (χ4n) is 2.01. The van der Waals surface area contributed by atoms with E-state index in [1.807, 2.05) is 16.8 Å². The predicted octanol–water partition coefficient (Wildman–Crippen LogP) is 2.56. The minimum absolute atomic E-state index is 0.345. The molecule has 0 amide bonds. The number of rotatable bonds is 7. The Morgan fingerprint density at radius 1 is 1.37 bits per heavy atom. The molecule has 0 saturated carbocycles. The van der Waals surface area contributed by atoms with Gasteiger partial charge in [-0.1, -0.05) is 0 Å². The molecule has 0 aliphatic carbocycles. The van der Waals surface area contributed by atoms with Crippen molar-refractivity contribution >= 4 is 0 Å². The lowest BCUT2D eigenvalue weighted by Gasteiger charge is -2.14. The Morgan fingerprint density at radius 3 is 2.89 bits per heavy atom. The molecule has 2 rings (SSSR count). The summed E-state index contributed by atoms with van der Waals surface area (Å²) in [5, 5.41) is 7.71. The van der Waals surface area contributed by atoms with Crippen LogP contribution in [0.5, 0.6) is 0 Å².